The van der Waals surface area contributed by atoms with Crippen LogP contribution in [0.25, 0.3) is 0 Å². The average molecular weight is 270 g/mol. The lowest BCUT2D eigenvalue weighted by atomic mass is 10.2. The van der Waals surface area contributed by atoms with Crippen molar-refractivity contribution in [2.24, 2.45) is 0 Å². The fourth-order valence-electron chi connectivity index (χ4n) is 1.94. The number of amides is 1. The van der Waals surface area contributed by atoms with Crippen LogP contribution in [0.15, 0.2) is 18.2 Å². The fraction of sp³-hybridized carbons (Fsp3) is 0.364. The Hall–Kier alpha value is -1.82. The molecule has 1 N–H and O–H groups in total. The highest BCUT2D eigenvalue weighted by Crippen LogP contribution is 2.33. The minimum Gasteiger partial charge on any atom is -0.367 e. The molecule has 6 nitrogen and oxygen atoms in total. The minimum absolute atomic E-state index is 0.0794. The van der Waals surface area contributed by atoms with Crippen LogP contribution in [-0.2, 0) is 4.79 Å². The Balaban J connectivity index is 2.29. The van der Waals surface area contributed by atoms with E-state index in [1.807, 2.05) is 0 Å². The Morgan fingerprint density at radius 3 is 2.83 bits per heavy atom. The van der Waals surface area contributed by atoms with Gasteiger partial charge in [0, 0.05) is 19.7 Å². The fourth-order valence-corrected chi connectivity index (χ4v) is 2.16. The number of hydrogen-bond donors (Lipinski definition) is 1. The second-order valence-electron chi connectivity index (χ2n) is 4.14. The van der Waals surface area contributed by atoms with Crippen molar-refractivity contribution in [3.8, 4) is 0 Å². The molecule has 1 atom stereocenters. The summed E-state index contributed by atoms with van der Waals surface area (Å²) in [6.07, 6.45) is 0.609. The van der Waals surface area contributed by atoms with Crippen molar-refractivity contribution < 1.29 is 9.72 Å². The summed E-state index contributed by atoms with van der Waals surface area (Å²) in [6, 6.07) is 3.97. The number of carbonyl (C=O) groups is 1. The highest BCUT2D eigenvalue weighted by Gasteiger charge is 2.31. The first-order valence-electron chi connectivity index (χ1n) is 5.45. The zero-order valence-electron chi connectivity index (χ0n) is 9.72. The molecule has 1 amide bonds. The Labute approximate surface area is 109 Å². The molecule has 1 saturated heterocycles. The van der Waals surface area contributed by atoms with E-state index >= 15 is 0 Å². The number of likely N-dealkylation sites (N-methyl/N-ethyl adjacent to an activating group) is 1. The predicted octanol–water partition coefficient (Wildman–Crippen LogP) is 1.89. The van der Waals surface area contributed by atoms with E-state index in [2.05, 4.69) is 5.32 Å². The smallest absolute Gasteiger partial charge is 0.293 e. The molecule has 2 rings (SSSR count). The lowest BCUT2D eigenvalue weighted by molar-refractivity contribution is -0.384. The lowest BCUT2D eigenvalue weighted by Crippen LogP contribution is -2.31. The molecule has 1 heterocycles. The molecule has 0 spiro atoms. The molecular weight excluding hydrogens is 258 g/mol. The number of halogens is 1. The first-order valence-corrected chi connectivity index (χ1v) is 5.83. The molecule has 1 aliphatic rings. The standard InChI is InChI=1S/C11H12ClN3O3/c1-14-6-5-8(11(14)16)13-10-7(12)3-2-4-9(10)15(17)18/h2-4,8,13H,5-6H2,1H3. The zero-order chi connectivity index (χ0) is 13.3. The maximum atomic E-state index is 11.8. The number of benzene rings is 1. The molecule has 0 saturated carbocycles. The van der Waals surface area contributed by atoms with Crippen LogP contribution in [0, 0.1) is 10.1 Å². The summed E-state index contributed by atoms with van der Waals surface area (Å²) < 4.78 is 0. The molecule has 18 heavy (non-hydrogen) atoms. The van der Waals surface area contributed by atoms with Crippen LogP contribution in [0.3, 0.4) is 0 Å². The summed E-state index contributed by atoms with van der Waals surface area (Å²) in [5.74, 6) is -0.0794. The normalized spacial score (nSPS) is 19.1. The quantitative estimate of drug-likeness (QED) is 0.672. The highest BCUT2D eigenvalue weighted by atomic mass is 35.5. The van der Waals surface area contributed by atoms with Gasteiger partial charge in [0.2, 0.25) is 5.91 Å². The van der Waals surface area contributed by atoms with Crippen LogP contribution >= 0.6 is 11.6 Å². The molecule has 1 unspecified atom stereocenters. The third kappa shape index (κ3) is 2.24. The second-order valence-corrected chi connectivity index (χ2v) is 4.54. The number of anilines is 1. The van der Waals surface area contributed by atoms with E-state index in [1.165, 1.54) is 12.1 Å². The summed E-state index contributed by atoms with van der Waals surface area (Å²) >= 11 is 5.94. The molecule has 0 aromatic heterocycles. The van der Waals surface area contributed by atoms with Crippen molar-refractivity contribution in [3.05, 3.63) is 33.3 Å². The van der Waals surface area contributed by atoms with Crippen LogP contribution in [0.5, 0.6) is 0 Å². The lowest BCUT2D eigenvalue weighted by Gasteiger charge is -2.14. The minimum atomic E-state index is -0.517. The molecule has 7 heteroatoms. The van der Waals surface area contributed by atoms with E-state index in [9.17, 15) is 14.9 Å². The van der Waals surface area contributed by atoms with Gasteiger partial charge in [-0.15, -0.1) is 0 Å². The topological polar surface area (TPSA) is 75.5 Å². The Morgan fingerprint density at radius 2 is 2.28 bits per heavy atom. The largest absolute Gasteiger partial charge is 0.367 e. The monoisotopic (exact) mass is 269 g/mol. The van der Waals surface area contributed by atoms with E-state index in [-0.39, 0.29) is 22.3 Å². The van der Waals surface area contributed by atoms with E-state index in [4.69, 9.17) is 11.6 Å². The third-order valence-electron chi connectivity index (χ3n) is 2.93. The summed E-state index contributed by atoms with van der Waals surface area (Å²) in [5.41, 5.74) is 0.0858. The molecular formula is C11H12ClN3O3. The van der Waals surface area contributed by atoms with E-state index in [0.29, 0.717) is 13.0 Å². The van der Waals surface area contributed by atoms with Gasteiger partial charge in [0.1, 0.15) is 11.7 Å². The molecule has 96 valence electrons. The first kappa shape index (κ1) is 12.6. The van der Waals surface area contributed by atoms with E-state index < -0.39 is 11.0 Å². The zero-order valence-corrected chi connectivity index (χ0v) is 10.5. The summed E-state index contributed by atoms with van der Waals surface area (Å²) in [4.78, 5) is 23.7. The average Bonchev–Trinajstić information content (AvgIpc) is 2.63. The van der Waals surface area contributed by atoms with Crippen molar-refractivity contribution in [2.75, 3.05) is 18.9 Å². The van der Waals surface area contributed by atoms with Gasteiger partial charge >= 0.3 is 0 Å². The predicted molar refractivity (Wildman–Crippen MR) is 67.8 cm³/mol. The van der Waals surface area contributed by atoms with Crippen molar-refractivity contribution in [2.45, 2.75) is 12.5 Å². The highest BCUT2D eigenvalue weighted by molar-refractivity contribution is 6.33. The number of carbonyl (C=O) groups excluding carboxylic acids is 1. The molecule has 0 bridgehead atoms. The maximum Gasteiger partial charge on any atom is 0.293 e. The number of nitro benzene ring substituents is 1. The molecule has 1 fully saturated rings. The van der Waals surface area contributed by atoms with Gasteiger partial charge in [-0.1, -0.05) is 17.7 Å². The Morgan fingerprint density at radius 1 is 1.56 bits per heavy atom. The Bertz CT molecular complexity index is 506. The van der Waals surface area contributed by atoms with Crippen molar-refractivity contribution >= 4 is 28.9 Å². The molecule has 1 aromatic carbocycles. The van der Waals surface area contributed by atoms with Crippen LogP contribution in [0.1, 0.15) is 6.42 Å². The van der Waals surface area contributed by atoms with Crippen molar-refractivity contribution in [1.82, 2.24) is 4.90 Å². The van der Waals surface area contributed by atoms with Gasteiger partial charge in [0.25, 0.3) is 5.69 Å². The van der Waals surface area contributed by atoms with E-state index in [1.54, 1.807) is 18.0 Å². The van der Waals surface area contributed by atoms with Gasteiger partial charge in [-0.2, -0.15) is 0 Å². The van der Waals surface area contributed by atoms with Crippen molar-refractivity contribution in [1.29, 1.82) is 0 Å². The number of para-hydroxylation sites is 1. The number of hydrogen-bond acceptors (Lipinski definition) is 4. The van der Waals surface area contributed by atoms with E-state index in [0.717, 1.165) is 0 Å². The molecule has 1 aliphatic heterocycles. The molecule has 1 aromatic rings. The van der Waals surface area contributed by atoms with Crippen LogP contribution < -0.4 is 5.32 Å². The molecule has 0 aliphatic carbocycles. The van der Waals surface area contributed by atoms with Gasteiger partial charge in [0.05, 0.1) is 9.95 Å². The summed E-state index contributed by atoms with van der Waals surface area (Å²) in [7, 11) is 1.70. The number of rotatable bonds is 3. The third-order valence-corrected chi connectivity index (χ3v) is 3.25. The van der Waals surface area contributed by atoms with Crippen molar-refractivity contribution in [3.63, 3.8) is 0 Å². The second kappa shape index (κ2) is 4.81. The number of nitrogens with zero attached hydrogens (tertiary/aromatic N) is 2. The van der Waals surface area contributed by atoms with Gasteiger partial charge in [-0.25, -0.2) is 0 Å². The van der Waals surface area contributed by atoms with Crippen LogP contribution in [-0.4, -0.2) is 35.4 Å². The number of nitro groups is 1. The van der Waals surface area contributed by atoms with Gasteiger partial charge in [-0.05, 0) is 12.5 Å². The summed E-state index contributed by atoms with van der Waals surface area (Å²) in [6.45, 7) is 0.634. The number of likely N-dealkylation sites (tertiary alicyclic amines) is 1. The Kier molecular flexibility index (Phi) is 3.38. The van der Waals surface area contributed by atoms with Gasteiger partial charge in [0.15, 0.2) is 0 Å². The van der Waals surface area contributed by atoms with Crippen LogP contribution in [0.2, 0.25) is 5.02 Å². The van der Waals surface area contributed by atoms with Gasteiger partial charge in [-0.3, -0.25) is 14.9 Å². The maximum absolute atomic E-state index is 11.8. The summed E-state index contributed by atoms with van der Waals surface area (Å²) in [5, 5.41) is 14.0. The first-order chi connectivity index (χ1) is 8.50. The number of nitrogens with one attached hydrogen (secondary N) is 1. The SMILES string of the molecule is CN1CCC(Nc2c(Cl)cccc2[N+](=O)[O-])C1=O. The molecule has 0 radical (unpaired) electrons. The van der Waals surface area contributed by atoms with Gasteiger partial charge < -0.3 is 10.2 Å². The van der Waals surface area contributed by atoms with Crippen LogP contribution in [0.4, 0.5) is 11.4 Å².